The zero-order valence-electron chi connectivity index (χ0n) is 9.76. The van der Waals surface area contributed by atoms with Crippen molar-refractivity contribution in [3.8, 4) is 11.3 Å². The number of halogens is 1. The second kappa shape index (κ2) is 4.76. The Morgan fingerprint density at radius 1 is 1.05 bits per heavy atom. The normalized spacial score (nSPS) is 10.8. The van der Waals surface area contributed by atoms with Gasteiger partial charge in [0.15, 0.2) is 5.76 Å². The molecule has 0 fully saturated rings. The van der Waals surface area contributed by atoms with E-state index in [2.05, 4.69) is 12.6 Å². The highest BCUT2D eigenvalue weighted by atomic mass is 35.5. The fourth-order valence-corrected chi connectivity index (χ4v) is 2.44. The van der Waals surface area contributed by atoms with E-state index >= 15 is 0 Å². The van der Waals surface area contributed by atoms with Gasteiger partial charge >= 0.3 is 0 Å². The third-order valence-electron chi connectivity index (χ3n) is 2.86. The first-order valence-corrected chi connectivity index (χ1v) is 6.50. The van der Waals surface area contributed by atoms with Crippen LogP contribution in [-0.2, 0) is 0 Å². The van der Waals surface area contributed by atoms with E-state index in [0.29, 0.717) is 26.6 Å². The van der Waals surface area contributed by atoms with Crippen LogP contribution in [0, 0.1) is 0 Å². The Labute approximate surface area is 120 Å². The monoisotopic (exact) mass is 288 g/mol. The molecule has 3 rings (SSSR count). The predicted molar refractivity (Wildman–Crippen MR) is 80.2 cm³/mol. The molecule has 19 heavy (non-hydrogen) atoms. The average Bonchev–Trinajstić information content (AvgIpc) is 2.43. The van der Waals surface area contributed by atoms with Crippen molar-refractivity contribution >= 4 is 35.2 Å². The molecule has 0 N–H and O–H groups in total. The van der Waals surface area contributed by atoms with Gasteiger partial charge in [-0.3, -0.25) is 4.79 Å². The number of hydrogen-bond acceptors (Lipinski definition) is 3. The molecule has 2 aromatic carbocycles. The standard InChI is InChI=1S/C15H9ClO2S/c16-10-5-3-4-9(8-10)14-15(19)13(17)11-6-1-2-7-12(11)18-14/h1-8,19H. The summed E-state index contributed by atoms with van der Waals surface area (Å²) in [6.45, 7) is 0. The maximum absolute atomic E-state index is 12.2. The van der Waals surface area contributed by atoms with Crippen molar-refractivity contribution < 1.29 is 4.42 Å². The van der Waals surface area contributed by atoms with E-state index in [1.165, 1.54) is 0 Å². The molecule has 0 aliphatic rings. The van der Waals surface area contributed by atoms with Crippen molar-refractivity contribution in [3.63, 3.8) is 0 Å². The van der Waals surface area contributed by atoms with Crippen molar-refractivity contribution in [2.75, 3.05) is 0 Å². The summed E-state index contributed by atoms with van der Waals surface area (Å²) in [6, 6.07) is 14.3. The summed E-state index contributed by atoms with van der Waals surface area (Å²) < 4.78 is 5.78. The quantitative estimate of drug-likeness (QED) is 0.673. The van der Waals surface area contributed by atoms with E-state index in [4.69, 9.17) is 16.0 Å². The third kappa shape index (κ3) is 2.15. The molecule has 0 radical (unpaired) electrons. The lowest BCUT2D eigenvalue weighted by Gasteiger charge is -2.06. The largest absolute Gasteiger partial charge is 0.455 e. The summed E-state index contributed by atoms with van der Waals surface area (Å²) in [5.74, 6) is 0.439. The Morgan fingerprint density at radius 2 is 1.84 bits per heavy atom. The Hall–Kier alpha value is -1.71. The Kier molecular flexibility index (Phi) is 3.09. The van der Waals surface area contributed by atoms with Crippen molar-refractivity contribution in [1.82, 2.24) is 0 Å². The fourth-order valence-electron chi connectivity index (χ4n) is 1.96. The van der Waals surface area contributed by atoms with E-state index < -0.39 is 0 Å². The molecule has 0 spiro atoms. The van der Waals surface area contributed by atoms with Gasteiger partial charge in [-0.2, -0.15) is 0 Å². The molecule has 0 unspecified atom stereocenters. The summed E-state index contributed by atoms with van der Waals surface area (Å²) in [5, 5.41) is 1.11. The summed E-state index contributed by atoms with van der Waals surface area (Å²) in [5.41, 5.74) is 1.14. The molecule has 0 saturated heterocycles. The zero-order valence-corrected chi connectivity index (χ0v) is 11.4. The minimum absolute atomic E-state index is 0.139. The zero-order chi connectivity index (χ0) is 13.4. The molecule has 0 saturated carbocycles. The van der Waals surface area contributed by atoms with E-state index in [-0.39, 0.29) is 5.43 Å². The fraction of sp³-hybridized carbons (Fsp3) is 0. The SMILES string of the molecule is O=c1c(S)c(-c2cccc(Cl)c2)oc2ccccc12. The Balaban J connectivity index is 2.36. The van der Waals surface area contributed by atoms with Gasteiger partial charge in [0, 0.05) is 10.6 Å². The number of rotatable bonds is 1. The van der Waals surface area contributed by atoms with Crippen LogP contribution in [0.5, 0.6) is 0 Å². The van der Waals surface area contributed by atoms with Crippen molar-refractivity contribution in [2.24, 2.45) is 0 Å². The van der Waals surface area contributed by atoms with Gasteiger partial charge < -0.3 is 4.42 Å². The number of hydrogen-bond donors (Lipinski definition) is 1. The van der Waals surface area contributed by atoms with Gasteiger partial charge in [-0.1, -0.05) is 35.9 Å². The van der Waals surface area contributed by atoms with Crippen molar-refractivity contribution in [2.45, 2.75) is 4.90 Å². The van der Waals surface area contributed by atoms with E-state index in [0.717, 1.165) is 5.56 Å². The van der Waals surface area contributed by atoms with Gasteiger partial charge in [-0.25, -0.2) is 0 Å². The molecule has 0 atom stereocenters. The van der Waals surface area contributed by atoms with Crippen LogP contribution in [0.25, 0.3) is 22.3 Å². The van der Waals surface area contributed by atoms with Crippen LogP contribution in [0.15, 0.2) is 62.6 Å². The summed E-state index contributed by atoms with van der Waals surface area (Å²) >= 11 is 10.2. The lowest BCUT2D eigenvalue weighted by molar-refractivity contribution is 0.605. The Bertz CT molecular complexity index is 824. The maximum Gasteiger partial charge on any atom is 0.206 e. The second-order valence-corrected chi connectivity index (χ2v) is 5.00. The van der Waals surface area contributed by atoms with Gasteiger partial charge in [-0.15, -0.1) is 12.6 Å². The second-order valence-electron chi connectivity index (χ2n) is 4.12. The lowest BCUT2D eigenvalue weighted by atomic mass is 10.1. The minimum Gasteiger partial charge on any atom is -0.455 e. The van der Waals surface area contributed by atoms with E-state index in [1.54, 1.807) is 36.4 Å². The molecule has 3 aromatic rings. The molecule has 0 amide bonds. The summed E-state index contributed by atoms with van der Waals surface area (Å²) in [4.78, 5) is 12.5. The number of benzene rings is 2. The topological polar surface area (TPSA) is 30.2 Å². The first-order valence-electron chi connectivity index (χ1n) is 5.67. The summed E-state index contributed by atoms with van der Waals surface area (Å²) in [7, 11) is 0. The predicted octanol–water partition coefficient (Wildman–Crippen LogP) is 4.40. The first-order chi connectivity index (χ1) is 9.16. The van der Waals surface area contributed by atoms with Gasteiger partial charge in [0.05, 0.1) is 10.3 Å². The minimum atomic E-state index is -0.139. The highest BCUT2D eigenvalue weighted by molar-refractivity contribution is 7.80. The van der Waals surface area contributed by atoms with Crippen LogP contribution in [0.4, 0.5) is 0 Å². The molecule has 1 aromatic heterocycles. The molecule has 1 heterocycles. The van der Waals surface area contributed by atoms with E-state index in [9.17, 15) is 4.79 Å². The first kappa shape index (κ1) is 12.3. The molecular weight excluding hydrogens is 280 g/mol. The van der Waals surface area contributed by atoms with Gasteiger partial charge in [0.1, 0.15) is 5.58 Å². The molecule has 94 valence electrons. The van der Waals surface area contributed by atoms with Gasteiger partial charge in [0.2, 0.25) is 5.43 Å². The molecule has 2 nitrogen and oxygen atoms in total. The van der Waals surface area contributed by atoms with Crippen molar-refractivity contribution in [3.05, 3.63) is 63.8 Å². The Morgan fingerprint density at radius 3 is 2.63 bits per heavy atom. The highest BCUT2D eigenvalue weighted by Crippen LogP contribution is 2.29. The van der Waals surface area contributed by atoms with Gasteiger partial charge in [-0.05, 0) is 24.3 Å². The van der Waals surface area contributed by atoms with Crippen LogP contribution in [0.2, 0.25) is 5.02 Å². The highest BCUT2D eigenvalue weighted by Gasteiger charge is 2.13. The average molecular weight is 289 g/mol. The van der Waals surface area contributed by atoms with Crippen LogP contribution in [-0.4, -0.2) is 0 Å². The molecule has 0 aliphatic heterocycles. The van der Waals surface area contributed by atoms with Crippen molar-refractivity contribution in [1.29, 1.82) is 0 Å². The molecule has 4 heteroatoms. The molecule has 0 aliphatic carbocycles. The number of thiol groups is 1. The third-order valence-corrected chi connectivity index (χ3v) is 3.50. The van der Waals surface area contributed by atoms with E-state index in [1.807, 2.05) is 12.1 Å². The van der Waals surface area contributed by atoms with Crippen LogP contribution in [0.3, 0.4) is 0 Å². The lowest BCUT2D eigenvalue weighted by Crippen LogP contribution is -2.04. The molecular formula is C15H9ClO2S. The molecule has 0 bridgehead atoms. The number of para-hydroxylation sites is 1. The van der Waals surface area contributed by atoms with Crippen LogP contribution < -0.4 is 5.43 Å². The van der Waals surface area contributed by atoms with Crippen LogP contribution in [0.1, 0.15) is 0 Å². The van der Waals surface area contributed by atoms with Crippen LogP contribution >= 0.6 is 24.2 Å². The van der Waals surface area contributed by atoms with Gasteiger partial charge in [0.25, 0.3) is 0 Å². The summed E-state index contributed by atoms with van der Waals surface area (Å²) in [6.07, 6.45) is 0. The number of fused-ring (bicyclic) bond motifs is 1. The smallest absolute Gasteiger partial charge is 0.206 e. The maximum atomic E-state index is 12.2.